The summed E-state index contributed by atoms with van der Waals surface area (Å²) in [4.78, 5) is 5.03. The van der Waals surface area contributed by atoms with Crippen molar-refractivity contribution in [2.75, 3.05) is 33.7 Å². The molecule has 0 radical (unpaired) electrons. The lowest BCUT2D eigenvalue weighted by atomic mass is 10.0. The highest BCUT2D eigenvalue weighted by Crippen LogP contribution is 2.16. The van der Waals surface area contributed by atoms with Crippen LogP contribution in [-0.4, -0.2) is 61.7 Å². The molecule has 1 rings (SSSR count). The van der Waals surface area contributed by atoms with Crippen LogP contribution in [0.2, 0.25) is 0 Å². The SMILES string of the molecule is CCCNC(C)C(C)N(C)C1CCCN(C)C1. The molecule has 3 heteroatoms. The second-order valence-electron chi connectivity index (χ2n) is 5.71. The van der Waals surface area contributed by atoms with Crippen molar-refractivity contribution in [1.29, 1.82) is 0 Å². The standard InChI is InChI=1S/C14H31N3/c1-6-9-15-12(2)13(3)17(5)14-8-7-10-16(4)11-14/h12-15H,6-11H2,1-5H3. The molecule has 0 aliphatic carbocycles. The van der Waals surface area contributed by atoms with Gasteiger partial charge in [0.25, 0.3) is 0 Å². The molecule has 1 aliphatic heterocycles. The van der Waals surface area contributed by atoms with Crippen molar-refractivity contribution in [1.82, 2.24) is 15.1 Å². The van der Waals surface area contributed by atoms with Crippen LogP contribution in [-0.2, 0) is 0 Å². The predicted octanol–water partition coefficient (Wildman–Crippen LogP) is 1.79. The second-order valence-corrected chi connectivity index (χ2v) is 5.71. The number of nitrogens with one attached hydrogen (secondary N) is 1. The molecular formula is C14H31N3. The summed E-state index contributed by atoms with van der Waals surface area (Å²) in [5.41, 5.74) is 0. The predicted molar refractivity (Wildman–Crippen MR) is 75.5 cm³/mol. The topological polar surface area (TPSA) is 18.5 Å². The van der Waals surface area contributed by atoms with Gasteiger partial charge in [0.15, 0.2) is 0 Å². The number of likely N-dealkylation sites (tertiary alicyclic amines) is 1. The number of likely N-dealkylation sites (N-methyl/N-ethyl adjacent to an activating group) is 2. The Morgan fingerprint density at radius 3 is 2.71 bits per heavy atom. The monoisotopic (exact) mass is 241 g/mol. The molecule has 0 amide bonds. The van der Waals surface area contributed by atoms with Gasteiger partial charge >= 0.3 is 0 Å². The Hall–Kier alpha value is -0.120. The third kappa shape index (κ3) is 4.57. The van der Waals surface area contributed by atoms with Gasteiger partial charge in [0.05, 0.1) is 0 Å². The van der Waals surface area contributed by atoms with Crippen LogP contribution >= 0.6 is 0 Å². The van der Waals surface area contributed by atoms with Crippen molar-refractivity contribution in [2.45, 2.75) is 58.2 Å². The summed E-state index contributed by atoms with van der Waals surface area (Å²) >= 11 is 0. The van der Waals surface area contributed by atoms with Gasteiger partial charge in [0, 0.05) is 24.7 Å². The summed E-state index contributed by atoms with van der Waals surface area (Å²) < 4.78 is 0. The number of hydrogen-bond acceptors (Lipinski definition) is 3. The molecule has 1 aliphatic rings. The molecule has 3 atom stereocenters. The van der Waals surface area contributed by atoms with Gasteiger partial charge < -0.3 is 10.2 Å². The van der Waals surface area contributed by atoms with E-state index in [-0.39, 0.29) is 0 Å². The van der Waals surface area contributed by atoms with Crippen molar-refractivity contribution in [2.24, 2.45) is 0 Å². The number of hydrogen-bond donors (Lipinski definition) is 1. The minimum Gasteiger partial charge on any atom is -0.313 e. The molecule has 17 heavy (non-hydrogen) atoms. The van der Waals surface area contributed by atoms with Crippen molar-refractivity contribution in [3.05, 3.63) is 0 Å². The fraction of sp³-hybridized carbons (Fsp3) is 1.00. The first-order valence-electron chi connectivity index (χ1n) is 7.20. The van der Waals surface area contributed by atoms with Gasteiger partial charge in [-0.3, -0.25) is 4.90 Å². The van der Waals surface area contributed by atoms with Crippen LogP contribution in [0.1, 0.15) is 40.0 Å². The Balaban J connectivity index is 2.41. The Bertz CT molecular complexity index is 208. The van der Waals surface area contributed by atoms with Gasteiger partial charge in [-0.2, -0.15) is 0 Å². The highest BCUT2D eigenvalue weighted by molar-refractivity contribution is 4.84. The van der Waals surface area contributed by atoms with E-state index in [1.165, 1.54) is 32.4 Å². The smallest absolute Gasteiger partial charge is 0.0223 e. The Kier molecular flexibility index (Phi) is 6.45. The van der Waals surface area contributed by atoms with Crippen molar-refractivity contribution in [3.63, 3.8) is 0 Å². The minimum atomic E-state index is 0.576. The lowest BCUT2D eigenvalue weighted by molar-refractivity contribution is 0.0910. The first-order valence-corrected chi connectivity index (χ1v) is 7.20. The van der Waals surface area contributed by atoms with E-state index in [0.29, 0.717) is 12.1 Å². The van der Waals surface area contributed by atoms with Crippen LogP contribution in [0.5, 0.6) is 0 Å². The summed E-state index contributed by atoms with van der Waals surface area (Å²) in [5, 5.41) is 3.61. The molecular weight excluding hydrogens is 210 g/mol. The van der Waals surface area contributed by atoms with Crippen LogP contribution in [0, 0.1) is 0 Å². The Labute approximate surface area is 108 Å². The lowest BCUT2D eigenvalue weighted by Gasteiger charge is -2.41. The van der Waals surface area contributed by atoms with Gasteiger partial charge in [-0.1, -0.05) is 6.92 Å². The summed E-state index contributed by atoms with van der Waals surface area (Å²) in [5.74, 6) is 0. The van der Waals surface area contributed by atoms with Crippen LogP contribution in [0.15, 0.2) is 0 Å². The molecule has 0 aromatic rings. The van der Waals surface area contributed by atoms with Crippen molar-refractivity contribution in [3.8, 4) is 0 Å². The molecule has 1 fully saturated rings. The average Bonchev–Trinajstić information content (AvgIpc) is 2.34. The van der Waals surface area contributed by atoms with Crippen LogP contribution in [0.3, 0.4) is 0 Å². The Morgan fingerprint density at radius 1 is 1.41 bits per heavy atom. The largest absolute Gasteiger partial charge is 0.313 e. The van der Waals surface area contributed by atoms with E-state index < -0.39 is 0 Å². The molecule has 0 bridgehead atoms. The third-order valence-corrected chi connectivity index (χ3v) is 4.26. The molecule has 102 valence electrons. The molecule has 1 heterocycles. The Morgan fingerprint density at radius 2 is 2.12 bits per heavy atom. The molecule has 0 aromatic heterocycles. The molecule has 0 saturated carbocycles. The fourth-order valence-corrected chi connectivity index (χ4v) is 2.70. The molecule has 3 unspecified atom stereocenters. The van der Waals surface area contributed by atoms with Gasteiger partial charge in [0.2, 0.25) is 0 Å². The van der Waals surface area contributed by atoms with Gasteiger partial charge in [0.1, 0.15) is 0 Å². The van der Waals surface area contributed by atoms with E-state index in [0.717, 1.165) is 12.6 Å². The zero-order valence-electron chi connectivity index (χ0n) is 12.4. The number of nitrogens with zero attached hydrogens (tertiary/aromatic N) is 2. The molecule has 0 spiro atoms. The average molecular weight is 241 g/mol. The quantitative estimate of drug-likeness (QED) is 0.765. The van der Waals surface area contributed by atoms with Crippen LogP contribution in [0.4, 0.5) is 0 Å². The van der Waals surface area contributed by atoms with Crippen LogP contribution < -0.4 is 5.32 Å². The van der Waals surface area contributed by atoms with E-state index in [1.807, 2.05) is 0 Å². The highest BCUT2D eigenvalue weighted by Gasteiger charge is 2.26. The lowest BCUT2D eigenvalue weighted by Crippen LogP contribution is -2.53. The van der Waals surface area contributed by atoms with Crippen molar-refractivity contribution < 1.29 is 0 Å². The molecule has 0 aromatic carbocycles. The van der Waals surface area contributed by atoms with Crippen LogP contribution in [0.25, 0.3) is 0 Å². The van der Waals surface area contributed by atoms with E-state index >= 15 is 0 Å². The number of piperidine rings is 1. The summed E-state index contributed by atoms with van der Waals surface area (Å²) in [6, 6.07) is 1.92. The first-order chi connectivity index (χ1) is 8.06. The maximum atomic E-state index is 3.61. The zero-order valence-corrected chi connectivity index (χ0v) is 12.4. The number of rotatable bonds is 6. The normalized spacial score (nSPS) is 26.1. The zero-order chi connectivity index (χ0) is 12.8. The van der Waals surface area contributed by atoms with E-state index in [2.05, 4.69) is 50.0 Å². The molecule has 1 N–H and O–H groups in total. The molecule has 1 saturated heterocycles. The second kappa shape index (κ2) is 7.34. The summed E-state index contributed by atoms with van der Waals surface area (Å²) in [6.45, 7) is 10.5. The van der Waals surface area contributed by atoms with E-state index in [1.54, 1.807) is 0 Å². The fourth-order valence-electron chi connectivity index (χ4n) is 2.70. The van der Waals surface area contributed by atoms with Gasteiger partial charge in [-0.15, -0.1) is 0 Å². The van der Waals surface area contributed by atoms with Gasteiger partial charge in [-0.25, -0.2) is 0 Å². The van der Waals surface area contributed by atoms with E-state index in [4.69, 9.17) is 0 Å². The third-order valence-electron chi connectivity index (χ3n) is 4.26. The highest BCUT2D eigenvalue weighted by atomic mass is 15.2. The van der Waals surface area contributed by atoms with E-state index in [9.17, 15) is 0 Å². The summed E-state index contributed by atoms with van der Waals surface area (Å²) in [7, 11) is 4.53. The first kappa shape index (κ1) is 14.9. The maximum absolute atomic E-state index is 3.61. The summed E-state index contributed by atoms with van der Waals surface area (Å²) in [6.07, 6.45) is 3.91. The van der Waals surface area contributed by atoms with Gasteiger partial charge in [-0.05, 0) is 60.3 Å². The molecule has 3 nitrogen and oxygen atoms in total. The maximum Gasteiger partial charge on any atom is 0.0223 e. The minimum absolute atomic E-state index is 0.576. The van der Waals surface area contributed by atoms with Crippen molar-refractivity contribution >= 4 is 0 Å².